The molecule has 0 aromatic carbocycles. The lowest BCUT2D eigenvalue weighted by Crippen LogP contribution is -2.44. The van der Waals surface area contributed by atoms with Crippen LogP contribution in [-0.2, 0) is 0 Å². The van der Waals surface area contributed by atoms with Crippen molar-refractivity contribution in [2.24, 2.45) is 0 Å². The molecule has 0 saturated carbocycles. The Bertz CT molecular complexity index is 450. The van der Waals surface area contributed by atoms with E-state index in [-0.39, 0.29) is 0 Å². The zero-order valence-electron chi connectivity index (χ0n) is 11.1. The molecule has 0 amide bonds. The summed E-state index contributed by atoms with van der Waals surface area (Å²) in [6, 6.07) is 1.11. The molecule has 0 bridgehead atoms. The van der Waals surface area contributed by atoms with Crippen molar-refractivity contribution in [2.45, 2.75) is 37.8 Å². The average Bonchev–Trinajstić information content (AvgIpc) is 3.09. The zero-order chi connectivity index (χ0) is 13.2. The number of nitrogens with zero attached hydrogens (tertiary/aromatic N) is 3. The molecule has 1 aromatic heterocycles. The molecule has 2 atom stereocenters. The number of anilines is 1. The maximum Gasteiger partial charge on any atom is 0.232 e. The molecular formula is C13H19BrN4O. The van der Waals surface area contributed by atoms with Crippen molar-refractivity contribution in [1.29, 1.82) is 0 Å². The van der Waals surface area contributed by atoms with Gasteiger partial charge in [0.1, 0.15) is 0 Å². The van der Waals surface area contributed by atoms with Crippen molar-refractivity contribution < 1.29 is 4.74 Å². The van der Waals surface area contributed by atoms with Gasteiger partial charge >= 0.3 is 0 Å². The number of hydrogen-bond acceptors (Lipinski definition) is 5. The fourth-order valence-corrected chi connectivity index (χ4v) is 3.48. The summed E-state index contributed by atoms with van der Waals surface area (Å²) < 4.78 is 6.07. The van der Waals surface area contributed by atoms with Crippen molar-refractivity contribution >= 4 is 21.9 Å². The smallest absolute Gasteiger partial charge is 0.232 e. The van der Waals surface area contributed by atoms with E-state index < -0.39 is 0 Å². The highest BCUT2D eigenvalue weighted by Gasteiger charge is 2.34. The van der Waals surface area contributed by atoms with Gasteiger partial charge in [0, 0.05) is 18.6 Å². The van der Waals surface area contributed by atoms with Crippen LogP contribution in [0.4, 0.5) is 5.95 Å². The maximum atomic E-state index is 5.27. The lowest BCUT2D eigenvalue weighted by atomic mass is 10.0. The van der Waals surface area contributed by atoms with E-state index >= 15 is 0 Å². The van der Waals surface area contributed by atoms with Crippen LogP contribution >= 0.6 is 15.9 Å². The molecule has 19 heavy (non-hydrogen) atoms. The number of aromatic nitrogens is 2. The quantitative estimate of drug-likeness (QED) is 0.920. The standard InChI is InChI=1S/C13H19BrN4O/c1-19-12-9(14)8-16-13(17-12)18-7-3-5-11(18)10-4-2-6-15-10/h8,10-11,15H,2-7H2,1H3. The largest absolute Gasteiger partial charge is 0.480 e. The van der Waals surface area contributed by atoms with Gasteiger partial charge in [0.2, 0.25) is 11.8 Å². The number of rotatable bonds is 3. The van der Waals surface area contributed by atoms with E-state index in [0.717, 1.165) is 23.5 Å². The number of halogens is 1. The van der Waals surface area contributed by atoms with Gasteiger partial charge in [-0.3, -0.25) is 0 Å². The van der Waals surface area contributed by atoms with E-state index in [1.165, 1.54) is 25.7 Å². The Labute approximate surface area is 121 Å². The minimum atomic E-state index is 0.522. The monoisotopic (exact) mass is 326 g/mol. The second-order valence-electron chi connectivity index (χ2n) is 5.13. The first kappa shape index (κ1) is 13.1. The first-order valence-electron chi connectivity index (χ1n) is 6.86. The summed E-state index contributed by atoms with van der Waals surface area (Å²) in [5, 5.41) is 3.60. The maximum absolute atomic E-state index is 5.27. The predicted octanol–water partition coefficient (Wildman–Crippen LogP) is 1.97. The van der Waals surface area contributed by atoms with Crippen LogP contribution in [0.5, 0.6) is 5.88 Å². The van der Waals surface area contributed by atoms with Crippen LogP contribution in [-0.4, -0.2) is 42.3 Å². The molecule has 6 heteroatoms. The second-order valence-corrected chi connectivity index (χ2v) is 5.99. The third kappa shape index (κ3) is 2.56. The first-order chi connectivity index (χ1) is 9.29. The van der Waals surface area contributed by atoms with Gasteiger partial charge in [0.15, 0.2) is 0 Å². The molecule has 3 rings (SSSR count). The fraction of sp³-hybridized carbons (Fsp3) is 0.692. The molecule has 1 N–H and O–H groups in total. The lowest BCUT2D eigenvalue weighted by Gasteiger charge is -2.29. The van der Waals surface area contributed by atoms with E-state index in [1.807, 2.05) is 0 Å². The third-order valence-corrected chi connectivity index (χ3v) is 4.56. The van der Waals surface area contributed by atoms with Crippen molar-refractivity contribution in [3.63, 3.8) is 0 Å². The SMILES string of the molecule is COc1nc(N2CCCC2C2CCCN2)ncc1Br. The topological polar surface area (TPSA) is 50.3 Å². The normalized spacial score (nSPS) is 26.9. The van der Waals surface area contributed by atoms with Crippen molar-refractivity contribution in [2.75, 3.05) is 25.1 Å². The van der Waals surface area contributed by atoms with Gasteiger partial charge < -0.3 is 15.0 Å². The summed E-state index contributed by atoms with van der Waals surface area (Å²) in [4.78, 5) is 11.3. The Balaban J connectivity index is 1.83. The molecule has 2 saturated heterocycles. The van der Waals surface area contributed by atoms with Crippen LogP contribution in [0.15, 0.2) is 10.7 Å². The van der Waals surface area contributed by atoms with Gasteiger partial charge in [-0.1, -0.05) is 0 Å². The molecule has 5 nitrogen and oxygen atoms in total. The van der Waals surface area contributed by atoms with Gasteiger partial charge in [-0.05, 0) is 48.2 Å². The van der Waals surface area contributed by atoms with Gasteiger partial charge in [-0.15, -0.1) is 0 Å². The first-order valence-corrected chi connectivity index (χ1v) is 7.65. The number of ether oxygens (including phenoxy) is 1. The summed E-state index contributed by atoms with van der Waals surface area (Å²) in [6.07, 6.45) is 6.75. The van der Waals surface area contributed by atoms with Gasteiger partial charge in [-0.2, -0.15) is 4.98 Å². The summed E-state index contributed by atoms with van der Waals surface area (Å²) in [5.41, 5.74) is 0. The molecule has 2 fully saturated rings. The third-order valence-electron chi connectivity index (χ3n) is 4.01. The van der Waals surface area contributed by atoms with Crippen LogP contribution in [0.1, 0.15) is 25.7 Å². The van der Waals surface area contributed by atoms with Crippen molar-refractivity contribution in [3.05, 3.63) is 10.7 Å². The molecule has 104 valence electrons. The summed E-state index contributed by atoms with van der Waals surface area (Å²) in [6.45, 7) is 2.17. The number of methoxy groups -OCH3 is 1. The predicted molar refractivity (Wildman–Crippen MR) is 77.7 cm³/mol. The lowest BCUT2D eigenvalue weighted by molar-refractivity contribution is 0.392. The van der Waals surface area contributed by atoms with Gasteiger partial charge in [-0.25, -0.2) is 4.98 Å². The Hall–Kier alpha value is -0.880. The van der Waals surface area contributed by atoms with Gasteiger partial charge in [0.25, 0.3) is 0 Å². The van der Waals surface area contributed by atoms with Crippen molar-refractivity contribution in [1.82, 2.24) is 15.3 Å². The molecule has 2 unspecified atom stereocenters. The van der Waals surface area contributed by atoms with Crippen LogP contribution in [0.3, 0.4) is 0 Å². The van der Waals surface area contributed by atoms with Crippen LogP contribution in [0.2, 0.25) is 0 Å². The van der Waals surface area contributed by atoms with E-state index in [9.17, 15) is 0 Å². The summed E-state index contributed by atoms with van der Waals surface area (Å²) in [5.74, 6) is 1.39. The Morgan fingerprint density at radius 2 is 2.32 bits per heavy atom. The Morgan fingerprint density at radius 1 is 1.42 bits per heavy atom. The Kier molecular flexibility index (Phi) is 3.88. The zero-order valence-corrected chi connectivity index (χ0v) is 12.7. The molecule has 1 aromatic rings. The minimum Gasteiger partial charge on any atom is -0.480 e. The highest BCUT2D eigenvalue weighted by molar-refractivity contribution is 9.10. The van der Waals surface area contributed by atoms with Crippen LogP contribution in [0, 0.1) is 0 Å². The van der Waals surface area contributed by atoms with Crippen LogP contribution in [0.25, 0.3) is 0 Å². The fourth-order valence-electron chi connectivity index (χ4n) is 3.12. The molecule has 0 aliphatic carbocycles. The highest BCUT2D eigenvalue weighted by atomic mass is 79.9. The molecule has 2 aliphatic rings. The molecule has 0 radical (unpaired) electrons. The molecule has 3 heterocycles. The van der Waals surface area contributed by atoms with E-state index in [1.54, 1.807) is 13.3 Å². The molecule has 0 spiro atoms. The summed E-state index contributed by atoms with van der Waals surface area (Å²) >= 11 is 3.40. The van der Waals surface area contributed by atoms with E-state index in [2.05, 4.69) is 36.1 Å². The van der Waals surface area contributed by atoms with E-state index in [0.29, 0.717) is 18.0 Å². The van der Waals surface area contributed by atoms with Crippen LogP contribution < -0.4 is 15.0 Å². The molecular weight excluding hydrogens is 308 g/mol. The van der Waals surface area contributed by atoms with Crippen molar-refractivity contribution in [3.8, 4) is 5.88 Å². The van der Waals surface area contributed by atoms with E-state index in [4.69, 9.17) is 4.74 Å². The highest BCUT2D eigenvalue weighted by Crippen LogP contribution is 2.30. The number of hydrogen-bond donors (Lipinski definition) is 1. The minimum absolute atomic E-state index is 0.522. The average molecular weight is 327 g/mol. The Morgan fingerprint density at radius 3 is 3.05 bits per heavy atom. The van der Waals surface area contributed by atoms with Gasteiger partial charge in [0.05, 0.1) is 17.8 Å². The number of nitrogens with one attached hydrogen (secondary N) is 1. The summed E-state index contributed by atoms with van der Waals surface area (Å²) in [7, 11) is 1.64. The second kappa shape index (κ2) is 5.63. The molecule has 2 aliphatic heterocycles.